The molecule has 0 radical (unpaired) electrons. The van der Waals surface area contributed by atoms with Crippen LogP contribution in [-0.4, -0.2) is 78.0 Å². The Morgan fingerprint density at radius 3 is 2.25 bits per heavy atom. The molecule has 0 saturated carbocycles. The number of rotatable bonds is 5. The number of nitrogens with zero attached hydrogens (tertiary/aromatic N) is 3. The number of piperazine rings is 1. The predicted molar refractivity (Wildman–Crippen MR) is 94.5 cm³/mol. The molecule has 134 valence electrons. The van der Waals surface area contributed by atoms with E-state index in [2.05, 4.69) is 16.1 Å². The van der Waals surface area contributed by atoms with Gasteiger partial charge in [0, 0.05) is 51.7 Å². The smallest absolute Gasteiger partial charge is 0.317 e. The molecule has 24 heavy (non-hydrogen) atoms. The molecule has 6 heteroatoms. The molecule has 1 N–H and O–H groups in total. The van der Waals surface area contributed by atoms with E-state index in [9.17, 15) is 9.59 Å². The van der Waals surface area contributed by atoms with E-state index in [0.717, 1.165) is 45.4 Å². The third-order valence-corrected chi connectivity index (χ3v) is 5.11. The Hall–Kier alpha value is -1.74. The molecular weight excluding hydrogens is 304 g/mol. The van der Waals surface area contributed by atoms with Crippen molar-refractivity contribution in [3.8, 4) is 12.3 Å². The van der Waals surface area contributed by atoms with E-state index in [1.807, 2.05) is 23.6 Å². The van der Waals surface area contributed by atoms with Crippen LogP contribution < -0.4 is 5.32 Å². The number of carbonyl (C=O) groups excluding carboxylic acids is 2. The Labute approximate surface area is 145 Å². The molecule has 2 aliphatic rings. The van der Waals surface area contributed by atoms with Crippen LogP contribution in [0.5, 0.6) is 0 Å². The van der Waals surface area contributed by atoms with Gasteiger partial charge >= 0.3 is 6.03 Å². The number of carbonyl (C=O) groups is 2. The summed E-state index contributed by atoms with van der Waals surface area (Å²) in [7, 11) is 0. The van der Waals surface area contributed by atoms with Crippen LogP contribution in [0.25, 0.3) is 0 Å². The Bertz CT molecular complexity index is 474. The maximum Gasteiger partial charge on any atom is 0.317 e. The molecule has 2 saturated heterocycles. The second kappa shape index (κ2) is 8.93. The highest BCUT2D eigenvalue weighted by Gasteiger charge is 2.31. The summed E-state index contributed by atoms with van der Waals surface area (Å²) in [5.41, 5.74) is 0. The molecule has 0 unspecified atom stereocenters. The molecule has 2 fully saturated rings. The van der Waals surface area contributed by atoms with Gasteiger partial charge in [0.05, 0.1) is 6.04 Å². The number of nitrogens with one attached hydrogen (secondary N) is 1. The lowest BCUT2D eigenvalue weighted by molar-refractivity contribution is -0.135. The Kier molecular flexibility index (Phi) is 6.92. The van der Waals surface area contributed by atoms with E-state index in [1.54, 1.807) is 0 Å². The minimum atomic E-state index is -0.0989. The van der Waals surface area contributed by atoms with Crippen molar-refractivity contribution in [2.75, 3.05) is 39.3 Å². The molecule has 6 nitrogen and oxygen atoms in total. The Balaban J connectivity index is 1.79. The first-order valence-electron chi connectivity index (χ1n) is 9.08. The van der Waals surface area contributed by atoms with Gasteiger partial charge in [-0.1, -0.05) is 6.92 Å². The van der Waals surface area contributed by atoms with Crippen LogP contribution in [0.15, 0.2) is 0 Å². The predicted octanol–water partition coefficient (Wildman–Crippen LogP) is 1.13. The van der Waals surface area contributed by atoms with Gasteiger partial charge in [-0.3, -0.25) is 9.69 Å². The van der Waals surface area contributed by atoms with Gasteiger partial charge in [0.1, 0.15) is 0 Å². The highest BCUT2D eigenvalue weighted by Crippen LogP contribution is 2.14. The van der Waals surface area contributed by atoms with Crippen molar-refractivity contribution < 1.29 is 9.59 Å². The summed E-state index contributed by atoms with van der Waals surface area (Å²) >= 11 is 0. The van der Waals surface area contributed by atoms with Crippen molar-refractivity contribution in [2.45, 2.75) is 51.6 Å². The van der Waals surface area contributed by atoms with Gasteiger partial charge in [-0.15, -0.1) is 12.3 Å². The maximum atomic E-state index is 12.5. The van der Waals surface area contributed by atoms with Crippen molar-refractivity contribution in [2.24, 2.45) is 0 Å². The van der Waals surface area contributed by atoms with Gasteiger partial charge in [-0.25, -0.2) is 4.79 Å². The third-order valence-electron chi connectivity index (χ3n) is 5.11. The van der Waals surface area contributed by atoms with Gasteiger partial charge in [0.2, 0.25) is 5.91 Å². The molecule has 0 aromatic carbocycles. The van der Waals surface area contributed by atoms with Crippen LogP contribution in [0, 0.1) is 12.3 Å². The lowest BCUT2D eigenvalue weighted by atomic mass is 10.1. The minimum Gasteiger partial charge on any atom is -0.341 e. The summed E-state index contributed by atoms with van der Waals surface area (Å²) in [6.07, 6.45) is 8.95. The fraction of sp³-hybridized carbons (Fsp3) is 0.778. The number of amides is 3. The van der Waals surface area contributed by atoms with Crippen molar-refractivity contribution >= 4 is 11.9 Å². The van der Waals surface area contributed by atoms with Crippen molar-refractivity contribution in [3.63, 3.8) is 0 Å². The first-order chi connectivity index (χ1) is 11.6. The van der Waals surface area contributed by atoms with Crippen molar-refractivity contribution in [1.29, 1.82) is 0 Å². The number of hydrogen-bond donors (Lipinski definition) is 1. The van der Waals surface area contributed by atoms with E-state index in [0.29, 0.717) is 19.5 Å². The van der Waals surface area contributed by atoms with Gasteiger partial charge < -0.3 is 15.1 Å². The average molecular weight is 334 g/mol. The van der Waals surface area contributed by atoms with Gasteiger partial charge in [0.25, 0.3) is 0 Å². The monoisotopic (exact) mass is 334 g/mol. The molecule has 2 atom stereocenters. The maximum absolute atomic E-state index is 12.5. The number of likely N-dealkylation sites (tertiary alicyclic amines) is 1. The highest BCUT2D eigenvalue weighted by molar-refractivity contribution is 5.81. The summed E-state index contributed by atoms with van der Waals surface area (Å²) in [5.74, 6) is 2.83. The summed E-state index contributed by atoms with van der Waals surface area (Å²) in [5, 5.41) is 3.00. The molecular formula is C18H30N4O2. The SMILES string of the molecule is C#CC[C@@H](CC)NC(=O)N1CCN([C@H](C)C(=O)N2CCCC2)CC1. The second-order valence-electron chi connectivity index (χ2n) is 6.69. The fourth-order valence-electron chi connectivity index (χ4n) is 3.38. The fourth-order valence-corrected chi connectivity index (χ4v) is 3.38. The number of terminal acetylenes is 1. The van der Waals surface area contributed by atoms with E-state index in [4.69, 9.17) is 6.42 Å². The van der Waals surface area contributed by atoms with E-state index >= 15 is 0 Å². The molecule has 2 aliphatic heterocycles. The standard InChI is InChI=1S/C18H30N4O2/c1-4-8-16(5-2)19-18(24)22-13-11-20(12-14-22)15(3)17(23)21-9-6-7-10-21/h1,15-16H,5-14H2,2-3H3,(H,19,24)/t15-,16-/m1/s1. The molecule has 0 aromatic rings. The van der Waals surface area contributed by atoms with Crippen molar-refractivity contribution in [3.05, 3.63) is 0 Å². The van der Waals surface area contributed by atoms with E-state index in [-0.39, 0.29) is 24.0 Å². The van der Waals surface area contributed by atoms with E-state index in [1.165, 1.54) is 0 Å². The topological polar surface area (TPSA) is 55.9 Å². The Morgan fingerprint density at radius 2 is 1.71 bits per heavy atom. The summed E-state index contributed by atoms with van der Waals surface area (Å²) in [6, 6.07) is -0.107. The Morgan fingerprint density at radius 1 is 1.08 bits per heavy atom. The minimum absolute atomic E-state index is 0.0381. The van der Waals surface area contributed by atoms with Crippen LogP contribution in [-0.2, 0) is 4.79 Å². The van der Waals surface area contributed by atoms with E-state index < -0.39 is 0 Å². The van der Waals surface area contributed by atoms with Gasteiger partial charge in [0.15, 0.2) is 0 Å². The van der Waals surface area contributed by atoms with Gasteiger partial charge in [-0.05, 0) is 26.2 Å². The van der Waals surface area contributed by atoms with Crippen LogP contribution in [0.3, 0.4) is 0 Å². The van der Waals surface area contributed by atoms with Gasteiger partial charge in [-0.2, -0.15) is 0 Å². The third kappa shape index (κ3) is 4.64. The zero-order chi connectivity index (χ0) is 17.5. The lowest BCUT2D eigenvalue weighted by Crippen LogP contribution is -2.57. The number of urea groups is 1. The molecule has 0 bridgehead atoms. The van der Waals surface area contributed by atoms with Crippen LogP contribution in [0.4, 0.5) is 4.79 Å². The van der Waals surface area contributed by atoms with Crippen molar-refractivity contribution in [1.82, 2.24) is 20.0 Å². The zero-order valence-electron chi connectivity index (χ0n) is 15.0. The zero-order valence-corrected chi connectivity index (χ0v) is 15.0. The summed E-state index contributed by atoms with van der Waals surface area (Å²) in [4.78, 5) is 30.8. The average Bonchev–Trinajstić information content (AvgIpc) is 3.14. The molecule has 2 rings (SSSR count). The summed E-state index contributed by atoms with van der Waals surface area (Å²) < 4.78 is 0. The first kappa shape index (κ1) is 18.6. The largest absolute Gasteiger partial charge is 0.341 e. The molecule has 0 aliphatic carbocycles. The molecule has 3 amide bonds. The van der Waals surface area contributed by atoms with Crippen LogP contribution in [0.2, 0.25) is 0 Å². The quantitative estimate of drug-likeness (QED) is 0.767. The number of hydrogen-bond acceptors (Lipinski definition) is 3. The van der Waals surface area contributed by atoms with Crippen LogP contribution in [0.1, 0.15) is 39.5 Å². The highest BCUT2D eigenvalue weighted by atomic mass is 16.2. The molecule has 2 heterocycles. The molecule has 0 spiro atoms. The first-order valence-corrected chi connectivity index (χ1v) is 9.08. The lowest BCUT2D eigenvalue weighted by Gasteiger charge is -2.38. The molecule has 0 aromatic heterocycles. The second-order valence-corrected chi connectivity index (χ2v) is 6.69. The normalized spacial score (nSPS) is 21.2. The summed E-state index contributed by atoms with van der Waals surface area (Å²) in [6.45, 7) is 8.55. The van der Waals surface area contributed by atoms with Crippen LogP contribution >= 0.6 is 0 Å².